The molecule has 100 valence electrons. The number of aryl methyl sites for hydroxylation is 2. The Labute approximate surface area is 114 Å². The first-order chi connectivity index (χ1) is 9.60. The monoisotopic (exact) mass is 268 g/mol. The second-order valence-corrected chi connectivity index (χ2v) is 4.49. The summed E-state index contributed by atoms with van der Waals surface area (Å²) in [5.41, 5.74) is 1.75. The van der Waals surface area contributed by atoms with Crippen LogP contribution in [0.2, 0.25) is 0 Å². The molecule has 5 heteroatoms. The van der Waals surface area contributed by atoms with Crippen molar-refractivity contribution >= 4 is 11.0 Å². The van der Waals surface area contributed by atoms with Gasteiger partial charge >= 0.3 is 11.6 Å². The molecule has 0 amide bonds. The molecule has 0 saturated heterocycles. The van der Waals surface area contributed by atoms with Gasteiger partial charge in [0.05, 0.1) is 0 Å². The highest BCUT2D eigenvalue weighted by Gasteiger charge is 2.05. The van der Waals surface area contributed by atoms with Crippen LogP contribution >= 0.6 is 0 Å². The van der Waals surface area contributed by atoms with Gasteiger partial charge in [0.2, 0.25) is 0 Å². The van der Waals surface area contributed by atoms with Gasteiger partial charge in [0.15, 0.2) is 0 Å². The fourth-order valence-corrected chi connectivity index (χ4v) is 1.95. The van der Waals surface area contributed by atoms with Gasteiger partial charge in [0.25, 0.3) is 0 Å². The van der Waals surface area contributed by atoms with E-state index in [0.29, 0.717) is 11.3 Å². The topological polar surface area (TPSA) is 65.2 Å². The van der Waals surface area contributed by atoms with Crippen LogP contribution in [0.15, 0.2) is 45.6 Å². The van der Waals surface area contributed by atoms with Crippen LogP contribution in [-0.2, 0) is 0 Å². The third-order valence-corrected chi connectivity index (χ3v) is 2.77. The maximum Gasteiger partial charge on any atom is 0.336 e. The van der Waals surface area contributed by atoms with Gasteiger partial charge in [-0.1, -0.05) is 0 Å². The number of ether oxygens (including phenoxy) is 1. The fraction of sp³-hybridized carbons (Fsp3) is 0.133. The number of fused-ring (bicyclic) bond motifs is 1. The molecular formula is C15H12N2O3. The first kappa shape index (κ1) is 12.3. The van der Waals surface area contributed by atoms with Crippen molar-refractivity contribution in [2.24, 2.45) is 0 Å². The lowest BCUT2D eigenvalue weighted by atomic mass is 10.2. The van der Waals surface area contributed by atoms with Gasteiger partial charge in [0.1, 0.15) is 11.3 Å². The molecule has 0 atom stereocenters. The number of rotatable bonds is 2. The highest BCUT2D eigenvalue weighted by Crippen LogP contribution is 2.23. The minimum absolute atomic E-state index is 0.278. The Balaban J connectivity index is 2.00. The largest absolute Gasteiger partial charge is 0.424 e. The van der Waals surface area contributed by atoms with Crippen molar-refractivity contribution in [2.45, 2.75) is 13.8 Å². The van der Waals surface area contributed by atoms with Crippen LogP contribution in [-0.4, -0.2) is 9.97 Å². The van der Waals surface area contributed by atoms with Crippen molar-refractivity contribution < 1.29 is 9.15 Å². The van der Waals surface area contributed by atoms with Gasteiger partial charge in [-0.05, 0) is 38.1 Å². The standard InChI is InChI=1S/C15H12N2O3/c1-9-7-10(2)17-15(16-9)19-12-5-3-11-4-6-14(18)20-13(11)8-12/h3-8H,1-2H3. The van der Waals surface area contributed by atoms with Crippen LogP contribution in [0.4, 0.5) is 0 Å². The fourth-order valence-electron chi connectivity index (χ4n) is 1.95. The molecule has 2 aromatic heterocycles. The Bertz CT molecular complexity index is 820. The van der Waals surface area contributed by atoms with Crippen LogP contribution in [0.1, 0.15) is 11.4 Å². The Morgan fingerprint density at radius 3 is 2.45 bits per heavy atom. The third-order valence-electron chi connectivity index (χ3n) is 2.77. The number of benzene rings is 1. The number of hydrogen-bond acceptors (Lipinski definition) is 5. The predicted octanol–water partition coefficient (Wildman–Crippen LogP) is 2.99. The van der Waals surface area contributed by atoms with Crippen LogP contribution in [0, 0.1) is 13.8 Å². The maximum absolute atomic E-state index is 11.2. The van der Waals surface area contributed by atoms with Gasteiger partial charge in [-0.25, -0.2) is 14.8 Å². The predicted molar refractivity (Wildman–Crippen MR) is 74.1 cm³/mol. The summed E-state index contributed by atoms with van der Waals surface area (Å²) in [5.74, 6) is 0.525. The van der Waals surface area contributed by atoms with E-state index in [1.165, 1.54) is 6.07 Å². The lowest BCUT2D eigenvalue weighted by Gasteiger charge is -2.06. The third kappa shape index (κ3) is 2.51. The average molecular weight is 268 g/mol. The van der Waals surface area contributed by atoms with Gasteiger partial charge < -0.3 is 9.15 Å². The Hall–Kier alpha value is -2.69. The molecule has 20 heavy (non-hydrogen) atoms. The van der Waals surface area contributed by atoms with Crippen LogP contribution < -0.4 is 10.4 Å². The van der Waals surface area contributed by atoms with E-state index in [1.807, 2.05) is 26.0 Å². The SMILES string of the molecule is Cc1cc(C)nc(Oc2ccc3ccc(=O)oc3c2)n1. The van der Waals surface area contributed by atoms with E-state index in [2.05, 4.69) is 9.97 Å². The molecule has 0 N–H and O–H groups in total. The molecule has 0 fully saturated rings. The molecule has 3 rings (SSSR count). The molecule has 1 aromatic carbocycles. The van der Waals surface area contributed by atoms with E-state index in [0.717, 1.165) is 16.8 Å². The first-order valence-corrected chi connectivity index (χ1v) is 6.14. The van der Waals surface area contributed by atoms with Crippen molar-refractivity contribution in [3.8, 4) is 11.8 Å². The van der Waals surface area contributed by atoms with Crippen molar-refractivity contribution in [2.75, 3.05) is 0 Å². The summed E-state index contributed by atoms with van der Waals surface area (Å²) >= 11 is 0. The first-order valence-electron chi connectivity index (χ1n) is 6.14. The van der Waals surface area contributed by atoms with Crippen molar-refractivity contribution in [1.82, 2.24) is 9.97 Å². The number of aromatic nitrogens is 2. The van der Waals surface area contributed by atoms with Gasteiger partial charge in [-0.15, -0.1) is 0 Å². The Kier molecular flexibility index (Phi) is 2.95. The smallest absolute Gasteiger partial charge is 0.336 e. The summed E-state index contributed by atoms with van der Waals surface area (Å²) in [6.45, 7) is 3.75. The van der Waals surface area contributed by atoms with E-state index < -0.39 is 5.63 Å². The summed E-state index contributed by atoms with van der Waals surface area (Å²) in [4.78, 5) is 19.6. The van der Waals surface area contributed by atoms with Crippen molar-refractivity contribution in [3.63, 3.8) is 0 Å². The highest BCUT2D eigenvalue weighted by molar-refractivity contribution is 5.77. The second-order valence-electron chi connectivity index (χ2n) is 4.49. The lowest BCUT2D eigenvalue weighted by Crippen LogP contribution is -1.97. The van der Waals surface area contributed by atoms with E-state index in [-0.39, 0.29) is 6.01 Å². The summed E-state index contributed by atoms with van der Waals surface area (Å²) in [5, 5.41) is 0.832. The van der Waals surface area contributed by atoms with Gasteiger partial charge in [0, 0.05) is 28.9 Å². The minimum atomic E-state index is -0.391. The molecular weight excluding hydrogens is 256 g/mol. The average Bonchev–Trinajstić information content (AvgIpc) is 2.37. The van der Waals surface area contributed by atoms with E-state index in [9.17, 15) is 4.79 Å². The molecule has 0 saturated carbocycles. The molecule has 0 unspecified atom stereocenters. The minimum Gasteiger partial charge on any atom is -0.424 e. The molecule has 5 nitrogen and oxygen atoms in total. The molecule has 0 spiro atoms. The van der Waals surface area contributed by atoms with Gasteiger partial charge in [-0.3, -0.25) is 0 Å². The van der Waals surface area contributed by atoms with Crippen LogP contribution in [0.25, 0.3) is 11.0 Å². The van der Waals surface area contributed by atoms with E-state index in [4.69, 9.17) is 9.15 Å². The quantitative estimate of drug-likeness (QED) is 0.668. The molecule has 0 bridgehead atoms. The molecule has 2 heterocycles. The Morgan fingerprint density at radius 1 is 1.00 bits per heavy atom. The van der Waals surface area contributed by atoms with Crippen LogP contribution in [0.3, 0.4) is 0 Å². The number of nitrogens with zero attached hydrogens (tertiary/aromatic N) is 2. The van der Waals surface area contributed by atoms with Crippen molar-refractivity contribution in [3.05, 3.63) is 58.2 Å². The molecule has 0 aliphatic carbocycles. The Morgan fingerprint density at radius 2 is 1.70 bits per heavy atom. The van der Waals surface area contributed by atoms with Gasteiger partial charge in [-0.2, -0.15) is 0 Å². The summed E-state index contributed by atoms with van der Waals surface area (Å²) in [7, 11) is 0. The van der Waals surface area contributed by atoms with Crippen LogP contribution in [0.5, 0.6) is 11.8 Å². The zero-order chi connectivity index (χ0) is 14.1. The molecule has 0 aliphatic heterocycles. The highest BCUT2D eigenvalue weighted by atomic mass is 16.5. The van der Waals surface area contributed by atoms with E-state index in [1.54, 1.807) is 18.2 Å². The summed E-state index contributed by atoms with van der Waals surface area (Å²) in [6, 6.07) is 10.5. The summed E-state index contributed by atoms with van der Waals surface area (Å²) in [6.07, 6.45) is 0. The zero-order valence-corrected chi connectivity index (χ0v) is 11.1. The van der Waals surface area contributed by atoms with Crippen molar-refractivity contribution in [1.29, 1.82) is 0 Å². The lowest BCUT2D eigenvalue weighted by molar-refractivity contribution is 0.438. The molecule has 0 radical (unpaired) electrons. The molecule has 3 aromatic rings. The zero-order valence-electron chi connectivity index (χ0n) is 11.1. The molecule has 0 aliphatic rings. The maximum atomic E-state index is 11.2. The normalized spacial score (nSPS) is 10.7. The summed E-state index contributed by atoms with van der Waals surface area (Å²) < 4.78 is 10.7. The second kappa shape index (κ2) is 4.77. The number of hydrogen-bond donors (Lipinski definition) is 0. The van der Waals surface area contributed by atoms with E-state index >= 15 is 0 Å².